The first-order valence-electron chi connectivity index (χ1n) is 10.5. The van der Waals surface area contributed by atoms with Gasteiger partial charge in [-0.1, -0.05) is 61.9 Å². The van der Waals surface area contributed by atoms with Crippen LogP contribution in [0.4, 0.5) is 0 Å². The first kappa shape index (κ1) is 21.8. The summed E-state index contributed by atoms with van der Waals surface area (Å²) in [6.45, 7) is 3.00. The third kappa shape index (κ3) is 5.19. The van der Waals surface area contributed by atoms with E-state index in [0.29, 0.717) is 25.1 Å². The van der Waals surface area contributed by atoms with Gasteiger partial charge < -0.3 is 9.64 Å². The number of ether oxygens (including phenoxy) is 1. The lowest BCUT2D eigenvalue weighted by atomic mass is 9.83. The summed E-state index contributed by atoms with van der Waals surface area (Å²) >= 11 is 0. The van der Waals surface area contributed by atoms with Crippen molar-refractivity contribution in [2.75, 3.05) is 13.7 Å². The van der Waals surface area contributed by atoms with Crippen LogP contribution in [0.3, 0.4) is 0 Å². The van der Waals surface area contributed by atoms with Gasteiger partial charge in [0.2, 0.25) is 11.8 Å². The van der Waals surface area contributed by atoms with Crippen molar-refractivity contribution < 1.29 is 19.2 Å². The molecule has 1 aliphatic rings. The molecule has 160 valence electrons. The minimum absolute atomic E-state index is 0.0774. The predicted octanol–water partition coefficient (Wildman–Crippen LogP) is 4.02. The molecule has 6 heteroatoms. The number of nitrogens with one attached hydrogen (secondary N) is 1. The van der Waals surface area contributed by atoms with Crippen LogP contribution < -0.4 is 10.2 Å². The summed E-state index contributed by atoms with van der Waals surface area (Å²) in [7, 11) is 1.61. The quantitative estimate of drug-likeness (QED) is 0.634. The van der Waals surface area contributed by atoms with Gasteiger partial charge in [-0.15, -0.1) is 0 Å². The summed E-state index contributed by atoms with van der Waals surface area (Å²) in [5.74, 6) is 0.137. The maximum Gasteiger partial charge on any atom is 0.249 e. The molecular formula is C24H30N2O4. The second-order valence-corrected chi connectivity index (χ2v) is 7.51. The predicted molar refractivity (Wildman–Crippen MR) is 114 cm³/mol. The average molecular weight is 411 g/mol. The standard InChI is InChI=1S/C24H30N2O4/c1-3-4-16-26-22(27)15-14-20(23(26)19-12-8-9-13-21(19)29-2)24(28)25-30-17-18-10-6-5-7-11-18/h5-13,20,23H,3-4,14-17H2,1-2H3,(H,25,28). The average Bonchev–Trinajstić information content (AvgIpc) is 2.78. The van der Waals surface area contributed by atoms with Gasteiger partial charge in [0, 0.05) is 18.5 Å². The van der Waals surface area contributed by atoms with Gasteiger partial charge in [0.05, 0.1) is 25.7 Å². The summed E-state index contributed by atoms with van der Waals surface area (Å²) in [6, 6.07) is 16.9. The number of benzene rings is 2. The Kier molecular flexibility index (Phi) is 7.85. The number of carbonyl (C=O) groups excluding carboxylic acids is 2. The van der Waals surface area contributed by atoms with E-state index in [4.69, 9.17) is 9.57 Å². The Morgan fingerprint density at radius 2 is 1.87 bits per heavy atom. The molecule has 1 heterocycles. The third-order valence-corrected chi connectivity index (χ3v) is 5.51. The summed E-state index contributed by atoms with van der Waals surface area (Å²) in [5, 5.41) is 0. The number of rotatable bonds is 9. The maximum absolute atomic E-state index is 13.1. The zero-order valence-corrected chi connectivity index (χ0v) is 17.7. The molecule has 2 aromatic rings. The van der Waals surface area contributed by atoms with Gasteiger partial charge in [-0.3, -0.25) is 14.4 Å². The van der Waals surface area contributed by atoms with Gasteiger partial charge in [0.1, 0.15) is 5.75 Å². The topological polar surface area (TPSA) is 67.9 Å². The molecule has 1 N–H and O–H groups in total. The van der Waals surface area contributed by atoms with Crippen LogP contribution in [-0.4, -0.2) is 30.4 Å². The van der Waals surface area contributed by atoms with Crippen molar-refractivity contribution in [2.45, 2.75) is 45.3 Å². The van der Waals surface area contributed by atoms with Gasteiger partial charge in [-0.2, -0.15) is 0 Å². The molecule has 3 rings (SSSR count). The molecule has 0 aliphatic carbocycles. The van der Waals surface area contributed by atoms with E-state index in [-0.39, 0.29) is 24.5 Å². The number of hydrogen-bond acceptors (Lipinski definition) is 4. The molecule has 0 radical (unpaired) electrons. The fourth-order valence-corrected chi connectivity index (χ4v) is 3.96. The van der Waals surface area contributed by atoms with Crippen LogP contribution in [0, 0.1) is 5.92 Å². The van der Waals surface area contributed by atoms with Crippen LogP contribution in [0.2, 0.25) is 0 Å². The Bertz CT molecular complexity index is 840. The molecule has 2 amide bonds. The molecule has 1 saturated heterocycles. The van der Waals surface area contributed by atoms with Crippen LogP contribution in [-0.2, 0) is 21.0 Å². The lowest BCUT2D eigenvalue weighted by molar-refractivity contribution is -0.150. The number of methoxy groups -OCH3 is 1. The largest absolute Gasteiger partial charge is 0.496 e. The molecule has 0 saturated carbocycles. The van der Waals surface area contributed by atoms with Crippen molar-refractivity contribution in [3.8, 4) is 5.75 Å². The second kappa shape index (κ2) is 10.8. The molecule has 0 bridgehead atoms. The van der Waals surface area contributed by atoms with Gasteiger partial charge in [-0.25, -0.2) is 5.48 Å². The number of piperidine rings is 1. The van der Waals surface area contributed by atoms with E-state index in [1.54, 1.807) is 7.11 Å². The number of likely N-dealkylation sites (tertiary alicyclic amines) is 1. The van der Waals surface area contributed by atoms with E-state index in [1.165, 1.54) is 0 Å². The number of amides is 2. The third-order valence-electron chi connectivity index (χ3n) is 5.51. The molecule has 2 atom stereocenters. The van der Waals surface area contributed by atoms with Gasteiger partial charge >= 0.3 is 0 Å². The molecule has 0 aromatic heterocycles. The Balaban J connectivity index is 1.80. The normalized spacial score (nSPS) is 18.9. The number of para-hydroxylation sites is 1. The zero-order chi connectivity index (χ0) is 21.3. The van der Waals surface area contributed by atoms with Crippen LogP contribution in [0.5, 0.6) is 5.75 Å². The molecule has 30 heavy (non-hydrogen) atoms. The fraction of sp³-hybridized carbons (Fsp3) is 0.417. The van der Waals surface area contributed by atoms with E-state index >= 15 is 0 Å². The van der Waals surface area contributed by atoms with Gasteiger partial charge in [0.15, 0.2) is 0 Å². The number of hydroxylamine groups is 1. The first-order chi connectivity index (χ1) is 14.7. The van der Waals surface area contributed by atoms with E-state index in [9.17, 15) is 9.59 Å². The van der Waals surface area contributed by atoms with Gasteiger partial charge in [-0.05, 0) is 24.5 Å². The summed E-state index contributed by atoms with van der Waals surface area (Å²) in [5.41, 5.74) is 4.44. The zero-order valence-electron chi connectivity index (χ0n) is 17.7. The SMILES string of the molecule is CCCCN1C(=O)CCC(C(=O)NOCc2ccccc2)C1c1ccccc1OC. The van der Waals surface area contributed by atoms with Crippen molar-refractivity contribution in [3.05, 3.63) is 65.7 Å². The smallest absolute Gasteiger partial charge is 0.249 e. The number of nitrogens with zero attached hydrogens (tertiary/aromatic N) is 1. The van der Waals surface area contributed by atoms with Crippen molar-refractivity contribution in [2.24, 2.45) is 5.92 Å². The van der Waals surface area contributed by atoms with Crippen molar-refractivity contribution in [3.63, 3.8) is 0 Å². The van der Waals surface area contributed by atoms with Crippen LogP contribution in [0.25, 0.3) is 0 Å². The molecule has 6 nitrogen and oxygen atoms in total. The highest BCUT2D eigenvalue weighted by atomic mass is 16.6. The molecule has 0 spiro atoms. The lowest BCUT2D eigenvalue weighted by Crippen LogP contribution is -2.48. The van der Waals surface area contributed by atoms with Crippen molar-refractivity contribution in [1.82, 2.24) is 10.4 Å². The second-order valence-electron chi connectivity index (χ2n) is 7.51. The molecule has 2 unspecified atom stereocenters. The number of hydrogen-bond donors (Lipinski definition) is 1. The maximum atomic E-state index is 13.1. The van der Waals surface area contributed by atoms with E-state index in [0.717, 1.165) is 24.0 Å². The lowest BCUT2D eigenvalue weighted by Gasteiger charge is -2.41. The van der Waals surface area contributed by atoms with E-state index < -0.39 is 5.92 Å². The van der Waals surface area contributed by atoms with Crippen molar-refractivity contribution in [1.29, 1.82) is 0 Å². The molecule has 2 aromatic carbocycles. The number of unbranched alkanes of at least 4 members (excludes halogenated alkanes) is 1. The number of carbonyl (C=O) groups is 2. The molecular weight excluding hydrogens is 380 g/mol. The van der Waals surface area contributed by atoms with E-state index in [1.807, 2.05) is 59.5 Å². The van der Waals surface area contributed by atoms with Crippen molar-refractivity contribution >= 4 is 11.8 Å². The summed E-state index contributed by atoms with van der Waals surface area (Å²) in [6.07, 6.45) is 2.69. The van der Waals surface area contributed by atoms with Gasteiger partial charge in [0.25, 0.3) is 0 Å². The highest BCUT2D eigenvalue weighted by Crippen LogP contribution is 2.40. The van der Waals surface area contributed by atoms with Crippen LogP contribution in [0.15, 0.2) is 54.6 Å². The Hall–Kier alpha value is -2.86. The summed E-state index contributed by atoms with van der Waals surface area (Å²) < 4.78 is 5.55. The fourth-order valence-electron chi connectivity index (χ4n) is 3.96. The first-order valence-corrected chi connectivity index (χ1v) is 10.5. The molecule has 1 fully saturated rings. The Morgan fingerprint density at radius 1 is 1.13 bits per heavy atom. The minimum Gasteiger partial charge on any atom is -0.496 e. The highest BCUT2D eigenvalue weighted by molar-refractivity contribution is 5.84. The Labute approximate surface area is 178 Å². The van der Waals surface area contributed by atoms with Crippen LogP contribution >= 0.6 is 0 Å². The minimum atomic E-state index is -0.411. The monoisotopic (exact) mass is 410 g/mol. The highest BCUT2D eigenvalue weighted by Gasteiger charge is 2.41. The van der Waals surface area contributed by atoms with E-state index in [2.05, 4.69) is 12.4 Å². The summed E-state index contributed by atoms with van der Waals surface area (Å²) in [4.78, 5) is 33.2. The molecule has 1 aliphatic heterocycles. The Morgan fingerprint density at radius 3 is 2.60 bits per heavy atom. The van der Waals surface area contributed by atoms with Crippen LogP contribution in [0.1, 0.15) is 49.8 Å².